The molecule has 3 nitrogen and oxygen atoms in total. The summed E-state index contributed by atoms with van der Waals surface area (Å²) in [5.41, 5.74) is 1.13. The van der Waals surface area contributed by atoms with Gasteiger partial charge in [-0.25, -0.2) is 4.98 Å². The van der Waals surface area contributed by atoms with E-state index in [2.05, 4.69) is 20.9 Å². The van der Waals surface area contributed by atoms with E-state index in [4.69, 9.17) is 4.42 Å². The van der Waals surface area contributed by atoms with E-state index >= 15 is 0 Å². The predicted molar refractivity (Wildman–Crippen MR) is 52.4 cm³/mol. The first-order valence-electron chi connectivity index (χ1n) is 3.96. The molecule has 0 aliphatic heterocycles. The van der Waals surface area contributed by atoms with Crippen LogP contribution in [0.2, 0.25) is 0 Å². The Morgan fingerprint density at radius 1 is 1.62 bits per heavy atom. The normalized spacial score (nSPS) is 10.6. The second-order valence-electron chi connectivity index (χ2n) is 2.83. The predicted octanol–water partition coefficient (Wildman–Crippen LogP) is 2.37. The van der Waals surface area contributed by atoms with Gasteiger partial charge in [0.1, 0.15) is 5.76 Å². The van der Waals surface area contributed by atoms with Crippen molar-refractivity contribution in [3.63, 3.8) is 0 Å². The lowest BCUT2D eigenvalue weighted by Crippen LogP contribution is -1.96. The Balaban J connectivity index is 2.24. The Morgan fingerprint density at radius 2 is 2.46 bits per heavy atom. The Bertz CT molecular complexity index is 392. The lowest BCUT2D eigenvalue weighted by atomic mass is 10.3. The highest BCUT2D eigenvalue weighted by atomic mass is 79.9. The Hall–Kier alpha value is -1.03. The van der Waals surface area contributed by atoms with Crippen molar-refractivity contribution in [3.05, 3.63) is 40.8 Å². The highest BCUT2D eigenvalue weighted by molar-refractivity contribution is 9.10. The van der Waals surface area contributed by atoms with Crippen LogP contribution in [-0.2, 0) is 13.5 Å². The minimum absolute atomic E-state index is 0.780. The van der Waals surface area contributed by atoms with Gasteiger partial charge in [0.2, 0.25) is 0 Å². The summed E-state index contributed by atoms with van der Waals surface area (Å²) < 4.78 is 8.08. The molecule has 68 valence electrons. The zero-order chi connectivity index (χ0) is 9.26. The average Bonchev–Trinajstić information content (AvgIpc) is 2.71. The molecule has 0 saturated carbocycles. The maximum atomic E-state index is 5.25. The van der Waals surface area contributed by atoms with Crippen molar-refractivity contribution >= 4 is 15.9 Å². The van der Waals surface area contributed by atoms with Crippen molar-refractivity contribution in [1.82, 2.24) is 9.55 Å². The molecule has 0 aromatic carbocycles. The summed E-state index contributed by atoms with van der Waals surface area (Å²) in [6.07, 6.45) is 4.30. The molecule has 0 spiro atoms. The molecule has 0 amide bonds. The van der Waals surface area contributed by atoms with Crippen molar-refractivity contribution in [3.8, 4) is 0 Å². The second-order valence-corrected chi connectivity index (χ2v) is 3.54. The molecule has 0 atom stereocenters. The molecule has 2 rings (SSSR count). The summed E-state index contributed by atoms with van der Waals surface area (Å²) >= 11 is 3.34. The van der Waals surface area contributed by atoms with Crippen LogP contribution in [0.3, 0.4) is 0 Å². The summed E-state index contributed by atoms with van der Waals surface area (Å²) in [5, 5.41) is 0. The van der Waals surface area contributed by atoms with Gasteiger partial charge in [-0.05, 0) is 28.1 Å². The van der Waals surface area contributed by atoms with E-state index in [-0.39, 0.29) is 0 Å². The fraction of sp³-hybridized carbons (Fsp3) is 0.222. The summed E-state index contributed by atoms with van der Waals surface area (Å²) in [6.45, 7) is 0. The molecular formula is C9H9BrN2O. The van der Waals surface area contributed by atoms with Crippen molar-refractivity contribution in [2.75, 3.05) is 0 Å². The van der Waals surface area contributed by atoms with Gasteiger partial charge in [0.15, 0.2) is 4.73 Å². The van der Waals surface area contributed by atoms with Crippen LogP contribution in [0.4, 0.5) is 0 Å². The van der Waals surface area contributed by atoms with E-state index < -0.39 is 0 Å². The molecule has 0 fully saturated rings. The molecule has 2 aromatic rings. The summed E-state index contributed by atoms with van der Waals surface area (Å²) in [5.74, 6) is 0.954. The molecule has 0 bridgehead atoms. The molecule has 0 saturated heterocycles. The van der Waals surface area contributed by atoms with Crippen LogP contribution in [0.5, 0.6) is 0 Å². The second kappa shape index (κ2) is 3.38. The molecule has 2 aromatic heterocycles. The highest BCUT2D eigenvalue weighted by Crippen LogP contribution is 2.13. The van der Waals surface area contributed by atoms with Crippen molar-refractivity contribution in [1.29, 1.82) is 0 Å². The topological polar surface area (TPSA) is 31.0 Å². The first-order chi connectivity index (χ1) is 6.27. The van der Waals surface area contributed by atoms with Gasteiger partial charge in [-0.3, -0.25) is 0 Å². The Morgan fingerprint density at radius 3 is 3.00 bits per heavy atom. The van der Waals surface area contributed by atoms with E-state index in [9.17, 15) is 0 Å². The van der Waals surface area contributed by atoms with E-state index in [0.29, 0.717) is 0 Å². The number of aromatic nitrogens is 2. The van der Waals surface area contributed by atoms with Crippen molar-refractivity contribution < 1.29 is 4.42 Å². The molecule has 0 radical (unpaired) electrons. The third-order valence-electron chi connectivity index (χ3n) is 1.96. The number of hydrogen-bond acceptors (Lipinski definition) is 2. The SMILES string of the molecule is Cn1c(Cc2ccco2)cnc1Br. The largest absolute Gasteiger partial charge is 0.469 e. The minimum Gasteiger partial charge on any atom is -0.469 e. The first-order valence-corrected chi connectivity index (χ1v) is 4.75. The molecule has 2 heterocycles. The molecule has 0 aliphatic carbocycles. The maximum Gasteiger partial charge on any atom is 0.177 e. The lowest BCUT2D eigenvalue weighted by molar-refractivity contribution is 0.516. The Kier molecular flexibility index (Phi) is 2.22. The zero-order valence-electron chi connectivity index (χ0n) is 7.20. The van der Waals surface area contributed by atoms with E-state index in [1.54, 1.807) is 6.26 Å². The van der Waals surface area contributed by atoms with Crippen molar-refractivity contribution in [2.45, 2.75) is 6.42 Å². The van der Waals surface area contributed by atoms with E-state index in [1.807, 2.05) is 29.9 Å². The summed E-state index contributed by atoms with van der Waals surface area (Å²) in [4.78, 5) is 4.13. The third-order valence-corrected chi connectivity index (χ3v) is 2.70. The van der Waals surface area contributed by atoms with Crippen LogP contribution in [0.25, 0.3) is 0 Å². The third kappa shape index (κ3) is 1.67. The first kappa shape index (κ1) is 8.56. The zero-order valence-corrected chi connectivity index (χ0v) is 8.78. The maximum absolute atomic E-state index is 5.25. The van der Waals surface area contributed by atoms with E-state index in [0.717, 1.165) is 22.6 Å². The standard InChI is InChI=1S/C9H9BrN2O/c1-12-7(6-11-9(12)10)5-8-3-2-4-13-8/h2-4,6H,5H2,1H3. The van der Waals surface area contributed by atoms with Gasteiger partial charge in [0.05, 0.1) is 6.26 Å². The summed E-state index contributed by atoms with van der Waals surface area (Å²) in [7, 11) is 1.97. The van der Waals surface area contributed by atoms with Crippen LogP contribution in [0.1, 0.15) is 11.5 Å². The number of rotatable bonds is 2. The number of nitrogens with zero attached hydrogens (tertiary/aromatic N) is 2. The molecular weight excluding hydrogens is 232 g/mol. The summed E-state index contributed by atoms with van der Waals surface area (Å²) in [6, 6.07) is 3.85. The van der Waals surface area contributed by atoms with Crippen LogP contribution in [-0.4, -0.2) is 9.55 Å². The Labute approximate surface area is 84.5 Å². The fourth-order valence-electron chi connectivity index (χ4n) is 1.18. The van der Waals surface area contributed by atoms with Gasteiger partial charge in [-0.2, -0.15) is 0 Å². The van der Waals surface area contributed by atoms with Crippen LogP contribution in [0.15, 0.2) is 33.7 Å². The van der Waals surface area contributed by atoms with Gasteiger partial charge in [0.25, 0.3) is 0 Å². The molecule has 0 aliphatic rings. The van der Waals surface area contributed by atoms with Gasteiger partial charge < -0.3 is 8.98 Å². The van der Waals surface area contributed by atoms with Gasteiger partial charge in [-0.1, -0.05) is 0 Å². The number of furan rings is 1. The van der Waals surface area contributed by atoms with Gasteiger partial charge >= 0.3 is 0 Å². The molecule has 13 heavy (non-hydrogen) atoms. The molecule has 0 N–H and O–H groups in total. The quantitative estimate of drug-likeness (QED) is 0.808. The monoisotopic (exact) mass is 240 g/mol. The van der Waals surface area contributed by atoms with Crippen LogP contribution >= 0.6 is 15.9 Å². The fourth-order valence-corrected chi connectivity index (χ4v) is 1.51. The number of imidazole rings is 1. The van der Waals surface area contributed by atoms with Crippen LogP contribution in [0, 0.1) is 0 Å². The van der Waals surface area contributed by atoms with Crippen LogP contribution < -0.4 is 0 Å². The van der Waals surface area contributed by atoms with Crippen molar-refractivity contribution in [2.24, 2.45) is 7.05 Å². The minimum atomic E-state index is 0.780. The lowest BCUT2D eigenvalue weighted by Gasteiger charge is -1.99. The number of hydrogen-bond donors (Lipinski definition) is 0. The smallest absolute Gasteiger partial charge is 0.177 e. The van der Waals surface area contributed by atoms with E-state index in [1.165, 1.54) is 0 Å². The van der Waals surface area contributed by atoms with Gasteiger partial charge in [0, 0.05) is 25.4 Å². The number of halogens is 1. The average molecular weight is 241 g/mol. The molecule has 0 unspecified atom stereocenters. The highest BCUT2D eigenvalue weighted by Gasteiger charge is 2.05. The molecule has 4 heteroatoms. The van der Waals surface area contributed by atoms with Gasteiger partial charge in [-0.15, -0.1) is 0 Å².